The number of nitrogens with zero attached hydrogens (tertiary/aromatic N) is 6. The lowest BCUT2D eigenvalue weighted by atomic mass is 10.1. The molecule has 1 aliphatic heterocycles. The molecule has 0 bridgehead atoms. The second-order valence-corrected chi connectivity index (χ2v) is 6.38. The fraction of sp³-hybridized carbons (Fsp3) is 0.294. The maximum Gasteiger partial charge on any atom is 0.277 e. The van der Waals surface area contributed by atoms with E-state index in [0.29, 0.717) is 12.1 Å². The lowest BCUT2D eigenvalue weighted by Crippen LogP contribution is -2.19. The summed E-state index contributed by atoms with van der Waals surface area (Å²) in [6.45, 7) is 0.851. The Morgan fingerprint density at radius 3 is 2.74 bits per heavy atom. The number of nitrogens with one attached hydrogen (secondary N) is 1. The van der Waals surface area contributed by atoms with Gasteiger partial charge in [-0.3, -0.25) is 9.59 Å². The number of fused-ring (bicyclic) bond motifs is 1. The fourth-order valence-corrected chi connectivity index (χ4v) is 3.06. The number of amides is 2. The van der Waals surface area contributed by atoms with Crippen molar-refractivity contribution in [3.8, 4) is 0 Å². The zero-order valence-electron chi connectivity index (χ0n) is 14.5. The predicted octanol–water partition coefficient (Wildman–Crippen LogP) is 0.144. The summed E-state index contributed by atoms with van der Waals surface area (Å²) >= 11 is 0. The van der Waals surface area contributed by atoms with Crippen molar-refractivity contribution in [2.24, 2.45) is 5.73 Å². The minimum absolute atomic E-state index is 0.111. The van der Waals surface area contributed by atoms with Crippen LogP contribution in [-0.2, 0) is 30.7 Å². The molecule has 2 amide bonds. The first-order valence-corrected chi connectivity index (χ1v) is 8.58. The SMILES string of the molecule is NC(=O)Cn1cc(C(=O)Nc2ccc(Cc3nnc4n3CCC4)cc2)nn1. The Kier molecular flexibility index (Phi) is 4.37. The van der Waals surface area contributed by atoms with Crippen LogP contribution in [0.2, 0.25) is 0 Å². The molecule has 1 aliphatic rings. The van der Waals surface area contributed by atoms with Gasteiger partial charge in [-0.2, -0.15) is 0 Å². The van der Waals surface area contributed by atoms with E-state index in [1.807, 2.05) is 24.3 Å². The van der Waals surface area contributed by atoms with Crippen molar-refractivity contribution >= 4 is 17.5 Å². The molecule has 3 heterocycles. The van der Waals surface area contributed by atoms with Gasteiger partial charge in [0.05, 0.1) is 6.20 Å². The zero-order chi connectivity index (χ0) is 18.8. The van der Waals surface area contributed by atoms with E-state index in [9.17, 15) is 9.59 Å². The number of primary amides is 1. The van der Waals surface area contributed by atoms with Gasteiger partial charge in [0, 0.05) is 25.1 Å². The molecule has 1 aromatic carbocycles. The summed E-state index contributed by atoms with van der Waals surface area (Å²) in [6, 6.07) is 7.52. The van der Waals surface area contributed by atoms with Crippen LogP contribution in [0.1, 0.15) is 34.1 Å². The number of aryl methyl sites for hydroxylation is 1. The van der Waals surface area contributed by atoms with Crippen LogP contribution < -0.4 is 11.1 Å². The van der Waals surface area contributed by atoms with Crippen molar-refractivity contribution in [2.45, 2.75) is 32.4 Å². The zero-order valence-corrected chi connectivity index (χ0v) is 14.5. The maximum atomic E-state index is 12.2. The molecule has 0 atom stereocenters. The van der Waals surface area contributed by atoms with Gasteiger partial charge in [0.15, 0.2) is 5.69 Å². The number of hydrogen-bond donors (Lipinski definition) is 2. The summed E-state index contributed by atoms with van der Waals surface area (Å²) in [5.41, 5.74) is 6.92. The van der Waals surface area contributed by atoms with Crippen LogP contribution in [0, 0.1) is 0 Å². The highest BCUT2D eigenvalue weighted by molar-refractivity contribution is 6.02. The second-order valence-electron chi connectivity index (χ2n) is 6.38. The van der Waals surface area contributed by atoms with Crippen molar-refractivity contribution in [3.05, 3.63) is 53.4 Å². The highest BCUT2D eigenvalue weighted by Gasteiger charge is 2.17. The van der Waals surface area contributed by atoms with E-state index < -0.39 is 11.8 Å². The van der Waals surface area contributed by atoms with Gasteiger partial charge in [-0.1, -0.05) is 17.3 Å². The molecule has 0 fully saturated rings. The molecule has 0 saturated heterocycles. The lowest BCUT2D eigenvalue weighted by molar-refractivity contribution is -0.118. The van der Waals surface area contributed by atoms with Crippen LogP contribution in [0.4, 0.5) is 5.69 Å². The molecule has 27 heavy (non-hydrogen) atoms. The van der Waals surface area contributed by atoms with Crippen LogP contribution in [-0.4, -0.2) is 41.6 Å². The first kappa shape index (κ1) is 16.9. The third kappa shape index (κ3) is 3.68. The third-order valence-corrected chi connectivity index (χ3v) is 4.35. The molecule has 0 unspecified atom stereocenters. The Morgan fingerprint density at radius 2 is 1.96 bits per heavy atom. The third-order valence-electron chi connectivity index (χ3n) is 4.35. The number of benzene rings is 1. The number of aromatic nitrogens is 6. The summed E-state index contributed by atoms with van der Waals surface area (Å²) in [5.74, 6) is 1.05. The van der Waals surface area contributed by atoms with Crippen molar-refractivity contribution in [1.82, 2.24) is 29.8 Å². The van der Waals surface area contributed by atoms with Crippen molar-refractivity contribution in [1.29, 1.82) is 0 Å². The Balaban J connectivity index is 1.39. The first-order chi connectivity index (χ1) is 13.1. The molecule has 4 rings (SSSR count). The molecule has 0 radical (unpaired) electrons. The van der Waals surface area contributed by atoms with Gasteiger partial charge in [-0.15, -0.1) is 15.3 Å². The van der Waals surface area contributed by atoms with Crippen LogP contribution in [0.25, 0.3) is 0 Å². The van der Waals surface area contributed by atoms with Crippen LogP contribution >= 0.6 is 0 Å². The topological polar surface area (TPSA) is 134 Å². The quantitative estimate of drug-likeness (QED) is 0.637. The van der Waals surface area contributed by atoms with Crippen LogP contribution in [0.5, 0.6) is 0 Å². The summed E-state index contributed by atoms with van der Waals surface area (Å²) in [6.07, 6.45) is 4.18. The van der Waals surface area contributed by atoms with E-state index in [1.165, 1.54) is 10.9 Å². The average molecular weight is 366 g/mol. The van der Waals surface area contributed by atoms with Gasteiger partial charge in [0.1, 0.15) is 18.2 Å². The van der Waals surface area contributed by atoms with E-state index in [1.54, 1.807) is 0 Å². The minimum Gasteiger partial charge on any atom is -0.368 e. The van der Waals surface area contributed by atoms with Gasteiger partial charge in [-0.25, -0.2) is 4.68 Å². The Bertz CT molecular complexity index is 989. The van der Waals surface area contributed by atoms with E-state index in [2.05, 4.69) is 30.4 Å². The van der Waals surface area contributed by atoms with Gasteiger partial charge in [0.25, 0.3) is 5.91 Å². The standard InChI is InChI=1S/C17H18N8O2/c18-14(26)10-24-9-13(20-23-24)17(27)19-12-5-3-11(4-6-12)8-16-22-21-15-2-1-7-25(15)16/h3-6,9H,1-2,7-8,10H2,(H2,18,26)(H,19,27). The van der Waals surface area contributed by atoms with Crippen molar-refractivity contribution in [3.63, 3.8) is 0 Å². The highest BCUT2D eigenvalue weighted by atomic mass is 16.2. The van der Waals surface area contributed by atoms with Gasteiger partial charge >= 0.3 is 0 Å². The van der Waals surface area contributed by atoms with E-state index in [-0.39, 0.29) is 12.2 Å². The monoisotopic (exact) mass is 366 g/mol. The molecular weight excluding hydrogens is 348 g/mol. The number of anilines is 1. The summed E-state index contributed by atoms with van der Waals surface area (Å²) in [5, 5.41) is 18.7. The maximum absolute atomic E-state index is 12.2. The predicted molar refractivity (Wildman–Crippen MR) is 94.8 cm³/mol. The number of carbonyl (C=O) groups excluding carboxylic acids is 2. The number of carbonyl (C=O) groups is 2. The fourth-order valence-electron chi connectivity index (χ4n) is 3.06. The summed E-state index contributed by atoms with van der Waals surface area (Å²) in [4.78, 5) is 23.1. The molecule has 2 aromatic heterocycles. The Labute approximate surface area is 154 Å². The highest BCUT2D eigenvalue weighted by Crippen LogP contribution is 2.18. The molecule has 3 N–H and O–H groups in total. The largest absolute Gasteiger partial charge is 0.368 e. The van der Waals surface area contributed by atoms with E-state index >= 15 is 0 Å². The molecule has 10 nitrogen and oxygen atoms in total. The number of hydrogen-bond acceptors (Lipinski definition) is 6. The summed E-state index contributed by atoms with van der Waals surface area (Å²) < 4.78 is 3.39. The van der Waals surface area contributed by atoms with Gasteiger partial charge in [-0.05, 0) is 24.1 Å². The molecule has 10 heteroatoms. The average Bonchev–Trinajstić information content (AvgIpc) is 3.35. The van der Waals surface area contributed by atoms with E-state index in [4.69, 9.17) is 5.73 Å². The lowest BCUT2D eigenvalue weighted by Gasteiger charge is -2.06. The van der Waals surface area contributed by atoms with Gasteiger partial charge in [0.2, 0.25) is 5.91 Å². The molecule has 3 aromatic rings. The number of rotatable bonds is 6. The normalized spacial score (nSPS) is 12.7. The first-order valence-electron chi connectivity index (χ1n) is 8.58. The van der Waals surface area contributed by atoms with Crippen molar-refractivity contribution < 1.29 is 9.59 Å². The molecule has 0 saturated carbocycles. The smallest absolute Gasteiger partial charge is 0.277 e. The molecule has 0 spiro atoms. The minimum atomic E-state index is -0.555. The Hall–Kier alpha value is -3.56. The van der Waals surface area contributed by atoms with Crippen LogP contribution in [0.15, 0.2) is 30.5 Å². The molecule has 0 aliphatic carbocycles. The van der Waals surface area contributed by atoms with Gasteiger partial charge < -0.3 is 15.6 Å². The van der Waals surface area contributed by atoms with Crippen molar-refractivity contribution in [2.75, 3.05) is 5.32 Å². The second kappa shape index (κ2) is 6.98. The van der Waals surface area contributed by atoms with Crippen LogP contribution in [0.3, 0.4) is 0 Å². The molecular formula is C17H18N8O2. The molecule has 138 valence electrons. The number of nitrogens with two attached hydrogens (primary N) is 1. The van der Waals surface area contributed by atoms with E-state index in [0.717, 1.165) is 36.6 Å². The summed E-state index contributed by atoms with van der Waals surface area (Å²) in [7, 11) is 0. The Morgan fingerprint density at radius 1 is 1.15 bits per heavy atom.